The van der Waals surface area contributed by atoms with E-state index in [2.05, 4.69) is 5.32 Å². The van der Waals surface area contributed by atoms with Gasteiger partial charge in [-0.2, -0.15) is 0 Å². The van der Waals surface area contributed by atoms with Gasteiger partial charge < -0.3 is 10.2 Å². The van der Waals surface area contributed by atoms with Crippen LogP contribution in [-0.2, 0) is 4.79 Å². The summed E-state index contributed by atoms with van der Waals surface area (Å²) in [6, 6.07) is 9.11. The van der Waals surface area contributed by atoms with Crippen LogP contribution in [0.1, 0.15) is 10.4 Å². The number of benzene rings is 1. The molecule has 4 nitrogen and oxygen atoms in total. The van der Waals surface area contributed by atoms with Crippen LogP contribution in [-0.4, -0.2) is 38.4 Å². The second-order valence-electron chi connectivity index (χ2n) is 3.01. The number of hydrogen-bond acceptors (Lipinski definition) is 2. The van der Waals surface area contributed by atoms with Crippen LogP contribution in [0.4, 0.5) is 0 Å². The van der Waals surface area contributed by atoms with Gasteiger partial charge in [-0.25, -0.2) is 0 Å². The minimum absolute atomic E-state index is 0.0411. The second-order valence-corrected chi connectivity index (χ2v) is 3.01. The minimum atomic E-state index is -0.0411. The molecule has 0 saturated heterocycles. The molecular formula is C11H16N2O2. The summed E-state index contributed by atoms with van der Waals surface area (Å²) in [6.07, 6.45) is 0.750. The molecule has 1 aromatic carbocycles. The smallest absolute Gasteiger partial charge is 0.251 e. The maximum Gasteiger partial charge on any atom is 0.251 e. The van der Waals surface area contributed by atoms with Crippen molar-refractivity contribution < 1.29 is 9.59 Å². The lowest BCUT2D eigenvalue weighted by Gasteiger charge is -1.96. The minimum Gasteiger partial charge on any atom is -0.355 e. The second kappa shape index (κ2) is 7.55. The molecular weight excluding hydrogens is 192 g/mol. The standard InChI is InChI=1S/C8H9NO.C3H7NO/c1-9-8(10)7-5-3-2-4-6-7;1-4(2)3-5/h2-6H,1H3,(H,9,10);3H,1-2H3. The lowest BCUT2D eigenvalue weighted by molar-refractivity contribution is -0.115. The number of nitrogens with zero attached hydrogens (tertiary/aromatic N) is 1. The first-order valence-corrected chi connectivity index (χ1v) is 4.50. The van der Waals surface area contributed by atoms with Crippen molar-refractivity contribution >= 4 is 12.3 Å². The molecule has 0 fully saturated rings. The van der Waals surface area contributed by atoms with E-state index >= 15 is 0 Å². The molecule has 0 heterocycles. The summed E-state index contributed by atoms with van der Waals surface area (Å²) in [7, 11) is 5.00. The molecule has 1 N–H and O–H groups in total. The van der Waals surface area contributed by atoms with Gasteiger partial charge in [0.05, 0.1) is 0 Å². The van der Waals surface area contributed by atoms with Gasteiger partial charge >= 0.3 is 0 Å². The Labute approximate surface area is 89.9 Å². The fourth-order valence-electron chi connectivity index (χ4n) is 0.734. The van der Waals surface area contributed by atoms with Crippen molar-refractivity contribution in [3.8, 4) is 0 Å². The molecule has 0 aliphatic carbocycles. The molecule has 0 aromatic heterocycles. The van der Waals surface area contributed by atoms with Gasteiger partial charge in [0.25, 0.3) is 5.91 Å². The zero-order valence-electron chi connectivity index (χ0n) is 9.23. The Balaban J connectivity index is 0.000000336. The van der Waals surface area contributed by atoms with Gasteiger partial charge in [0.15, 0.2) is 0 Å². The summed E-state index contributed by atoms with van der Waals surface area (Å²) in [5.41, 5.74) is 0.699. The van der Waals surface area contributed by atoms with E-state index in [1.807, 2.05) is 18.2 Å². The molecule has 0 aliphatic rings. The van der Waals surface area contributed by atoms with Crippen LogP contribution in [0.2, 0.25) is 0 Å². The lowest BCUT2D eigenvalue weighted by atomic mass is 10.2. The van der Waals surface area contributed by atoms with Crippen molar-refractivity contribution in [2.45, 2.75) is 0 Å². The number of nitrogens with one attached hydrogen (secondary N) is 1. The van der Waals surface area contributed by atoms with Gasteiger partial charge in [-0.15, -0.1) is 0 Å². The first-order chi connectivity index (χ1) is 7.11. The quantitative estimate of drug-likeness (QED) is 0.729. The van der Waals surface area contributed by atoms with Crippen molar-refractivity contribution in [3.63, 3.8) is 0 Å². The lowest BCUT2D eigenvalue weighted by Crippen LogP contribution is -2.17. The predicted octanol–water partition coefficient (Wildman–Crippen LogP) is 0.751. The van der Waals surface area contributed by atoms with Gasteiger partial charge in [-0.3, -0.25) is 9.59 Å². The Morgan fingerprint density at radius 1 is 1.27 bits per heavy atom. The Bertz CT molecular complexity index is 297. The highest BCUT2D eigenvalue weighted by molar-refractivity contribution is 5.93. The zero-order chi connectivity index (χ0) is 11.7. The van der Waals surface area contributed by atoms with Gasteiger partial charge in [-0.1, -0.05) is 18.2 Å². The zero-order valence-corrected chi connectivity index (χ0v) is 9.23. The van der Waals surface area contributed by atoms with Crippen molar-refractivity contribution in [1.82, 2.24) is 10.2 Å². The highest BCUT2D eigenvalue weighted by Gasteiger charge is 1.97. The molecule has 82 valence electrons. The summed E-state index contributed by atoms with van der Waals surface area (Å²) < 4.78 is 0. The maximum absolute atomic E-state index is 10.9. The molecule has 1 aromatic rings. The summed E-state index contributed by atoms with van der Waals surface area (Å²) >= 11 is 0. The summed E-state index contributed by atoms with van der Waals surface area (Å²) in [5.74, 6) is -0.0411. The first kappa shape index (κ1) is 13.2. The van der Waals surface area contributed by atoms with Crippen molar-refractivity contribution in [2.24, 2.45) is 0 Å². The van der Waals surface area contributed by atoms with E-state index in [4.69, 9.17) is 0 Å². The predicted molar refractivity (Wildman–Crippen MR) is 59.6 cm³/mol. The Morgan fingerprint density at radius 3 is 2.07 bits per heavy atom. The largest absolute Gasteiger partial charge is 0.355 e. The molecule has 0 atom stereocenters. The number of hydrogen-bond donors (Lipinski definition) is 1. The summed E-state index contributed by atoms with van der Waals surface area (Å²) in [4.78, 5) is 21.8. The Morgan fingerprint density at radius 2 is 1.73 bits per heavy atom. The molecule has 0 unspecified atom stereocenters. The molecule has 0 saturated carbocycles. The molecule has 15 heavy (non-hydrogen) atoms. The summed E-state index contributed by atoms with van der Waals surface area (Å²) in [5, 5.41) is 2.54. The van der Waals surface area contributed by atoms with Gasteiger partial charge in [0.2, 0.25) is 6.41 Å². The van der Waals surface area contributed by atoms with Crippen molar-refractivity contribution in [3.05, 3.63) is 35.9 Å². The van der Waals surface area contributed by atoms with Crippen LogP contribution in [0.25, 0.3) is 0 Å². The van der Waals surface area contributed by atoms with Crippen molar-refractivity contribution in [1.29, 1.82) is 0 Å². The third kappa shape index (κ3) is 6.26. The van der Waals surface area contributed by atoms with E-state index in [0.717, 1.165) is 6.41 Å². The molecule has 0 aliphatic heterocycles. The van der Waals surface area contributed by atoms with Crippen LogP contribution in [0.15, 0.2) is 30.3 Å². The normalized spacial score (nSPS) is 8.20. The summed E-state index contributed by atoms with van der Waals surface area (Å²) in [6.45, 7) is 0. The van der Waals surface area contributed by atoms with Gasteiger partial charge in [-0.05, 0) is 12.1 Å². The third-order valence-electron chi connectivity index (χ3n) is 1.47. The Kier molecular flexibility index (Phi) is 6.63. The molecule has 4 heteroatoms. The number of carbonyl (C=O) groups is 2. The third-order valence-corrected chi connectivity index (χ3v) is 1.47. The van der Waals surface area contributed by atoms with E-state index in [0.29, 0.717) is 5.56 Å². The first-order valence-electron chi connectivity index (χ1n) is 4.50. The van der Waals surface area contributed by atoms with Crippen LogP contribution in [0.3, 0.4) is 0 Å². The van der Waals surface area contributed by atoms with Crippen LogP contribution >= 0.6 is 0 Å². The van der Waals surface area contributed by atoms with Gasteiger partial charge in [0, 0.05) is 26.7 Å². The van der Waals surface area contributed by atoms with Crippen molar-refractivity contribution in [2.75, 3.05) is 21.1 Å². The van der Waals surface area contributed by atoms with Crippen LogP contribution in [0, 0.1) is 0 Å². The highest BCUT2D eigenvalue weighted by atomic mass is 16.1. The number of amides is 2. The van der Waals surface area contributed by atoms with E-state index in [1.165, 1.54) is 4.90 Å². The van der Waals surface area contributed by atoms with Gasteiger partial charge in [0.1, 0.15) is 0 Å². The fraction of sp³-hybridized carbons (Fsp3) is 0.273. The molecule has 0 bridgehead atoms. The van der Waals surface area contributed by atoms with E-state index in [-0.39, 0.29) is 5.91 Å². The van der Waals surface area contributed by atoms with Crippen LogP contribution in [0.5, 0.6) is 0 Å². The highest BCUT2D eigenvalue weighted by Crippen LogP contribution is 1.96. The fourth-order valence-corrected chi connectivity index (χ4v) is 0.734. The molecule has 2 amide bonds. The topological polar surface area (TPSA) is 49.4 Å². The van der Waals surface area contributed by atoms with E-state index < -0.39 is 0 Å². The molecule has 0 spiro atoms. The average molecular weight is 208 g/mol. The maximum atomic E-state index is 10.9. The van der Waals surface area contributed by atoms with Crippen LogP contribution < -0.4 is 5.32 Å². The van der Waals surface area contributed by atoms with E-state index in [1.54, 1.807) is 33.3 Å². The average Bonchev–Trinajstić information content (AvgIpc) is 2.30. The Hall–Kier alpha value is -1.84. The monoisotopic (exact) mass is 208 g/mol. The number of carbonyl (C=O) groups excluding carboxylic acids is 2. The number of rotatable bonds is 2. The molecule has 1 rings (SSSR count). The SMILES string of the molecule is CN(C)C=O.CNC(=O)c1ccccc1. The van der Waals surface area contributed by atoms with E-state index in [9.17, 15) is 9.59 Å². The molecule has 0 radical (unpaired) electrons.